The summed E-state index contributed by atoms with van der Waals surface area (Å²) in [5.41, 5.74) is 10.3. The number of aryl methyl sites for hydroxylation is 1. The van der Waals surface area contributed by atoms with Crippen molar-refractivity contribution in [1.29, 1.82) is 0 Å². The van der Waals surface area contributed by atoms with E-state index in [1.54, 1.807) is 14.2 Å². The lowest BCUT2D eigenvalue weighted by atomic mass is 10.1. The Labute approximate surface area is 125 Å². The summed E-state index contributed by atoms with van der Waals surface area (Å²) in [5.74, 6) is 1.47. The van der Waals surface area contributed by atoms with Gasteiger partial charge in [0.25, 0.3) is 0 Å². The van der Waals surface area contributed by atoms with E-state index in [-0.39, 0.29) is 0 Å². The van der Waals surface area contributed by atoms with Gasteiger partial charge in [0.05, 0.1) is 26.5 Å². The monoisotopic (exact) mass is 289 g/mol. The van der Waals surface area contributed by atoms with Crippen LogP contribution in [0.1, 0.15) is 22.5 Å². The molecular formula is C16H23N3O2. The molecule has 0 unspecified atom stereocenters. The van der Waals surface area contributed by atoms with Gasteiger partial charge in [0.1, 0.15) is 0 Å². The first-order chi connectivity index (χ1) is 10.1. The minimum absolute atomic E-state index is 0.643. The molecule has 0 aliphatic carbocycles. The molecule has 0 aliphatic heterocycles. The molecule has 5 heteroatoms. The second kappa shape index (κ2) is 6.63. The number of nitrogens with two attached hydrogens (primary N) is 1. The van der Waals surface area contributed by atoms with Gasteiger partial charge in [0.2, 0.25) is 0 Å². The van der Waals surface area contributed by atoms with Crippen LogP contribution in [-0.4, -0.2) is 30.5 Å². The second-order valence-electron chi connectivity index (χ2n) is 5.04. The number of hydrogen-bond acceptors (Lipinski definition) is 4. The molecule has 0 saturated carbocycles. The lowest BCUT2D eigenvalue weighted by molar-refractivity contribution is 0.354. The van der Waals surface area contributed by atoms with Crippen molar-refractivity contribution in [1.82, 2.24) is 9.78 Å². The lowest BCUT2D eigenvalue weighted by Gasteiger charge is -2.10. The topological polar surface area (TPSA) is 62.3 Å². The second-order valence-corrected chi connectivity index (χ2v) is 5.04. The molecular weight excluding hydrogens is 266 g/mol. The van der Waals surface area contributed by atoms with Gasteiger partial charge in [0.15, 0.2) is 11.5 Å². The number of benzene rings is 1. The van der Waals surface area contributed by atoms with E-state index in [1.165, 1.54) is 11.3 Å². The third kappa shape index (κ3) is 3.19. The zero-order valence-corrected chi connectivity index (χ0v) is 13.1. The van der Waals surface area contributed by atoms with Crippen LogP contribution in [0.2, 0.25) is 0 Å². The Morgan fingerprint density at radius 2 is 1.86 bits per heavy atom. The molecule has 0 saturated heterocycles. The van der Waals surface area contributed by atoms with Crippen molar-refractivity contribution >= 4 is 0 Å². The molecule has 2 rings (SSSR count). The smallest absolute Gasteiger partial charge is 0.161 e. The minimum Gasteiger partial charge on any atom is -0.493 e. The number of ether oxygens (including phenoxy) is 2. The van der Waals surface area contributed by atoms with Crippen LogP contribution < -0.4 is 15.2 Å². The third-order valence-corrected chi connectivity index (χ3v) is 3.71. The van der Waals surface area contributed by atoms with Crippen LogP contribution in [0.4, 0.5) is 0 Å². The van der Waals surface area contributed by atoms with Gasteiger partial charge in [-0.1, -0.05) is 6.07 Å². The predicted molar refractivity (Wildman–Crippen MR) is 83.1 cm³/mol. The van der Waals surface area contributed by atoms with E-state index in [1.807, 2.05) is 29.8 Å². The first-order valence-corrected chi connectivity index (χ1v) is 7.04. The van der Waals surface area contributed by atoms with E-state index in [9.17, 15) is 0 Å². The summed E-state index contributed by atoms with van der Waals surface area (Å²) in [6, 6.07) is 5.93. The van der Waals surface area contributed by atoms with Gasteiger partial charge in [-0.05, 0) is 50.1 Å². The third-order valence-electron chi connectivity index (χ3n) is 3.71. The molecule has 0 amide bonds. The zero-order chi connectivity index (χ0) is 15.4. The maximum atomic E-state index is 5.66. The summed E-state index contributed by atoms with van der Waals surface area (Å²) in [6.07, 6.45) is 0.865. The molecule has 2 aromatic rings. The molecule has 0 atom stereocenters. The van der Waals surface area contributed by atoms with E-state index in [4.69, 9.17) is 15.2 Å². The maximum Gasteiger partial charge on any atom is 0.161 e. The van der Waals surface area contributed by atoms with Crippen LogP contribution in [0.5, 0.6) is 11.5 Å². The van der Waals surface area contributed by atoms with E-state index in [2.05, 4.69) is 12.0 Å². The fourth-order valence-corrected chi connectivity index (χ4v) is 2.55. The van der Waals surface area contributed by atoms with Crippen molar-refractivity contribution in [3.8, 4) is 11.5 Å². The fourth-order valence-electron chi connectivity index (χ4n) is 2.55. The number of rotatable bonds is 6. The summed E-state index contributed by atoms with van der Waals surface area (Å²) in [6.45, 7) is 5.47. The van der Waals surface area contributed by atoms with Crippen molar-refractivity contribution in [2.75, 3.05) is 20.8 Å². The van der Waals surface area contributed by atoms with Crippen LogP contribution >= 0.6 is 0 Å². The van der Waals surface area contributed by atoms with Crippen LogP contribution in [0.25, 0.3) is 0 Å². The maximum absolute atomic E-state index is 5.66. The summed E-state index contributed by atoms with van der Waals surface area (Å²) < 4.78 is 12.6. The molecule has 1 aromatic heterocycles. The van der Waals surface area contributed by atoms with Crippen molar-refractivity contribution < 1.29 is 9.47 Å². The van der Waals surface area contributed by atoms with Crippen molar-refractivity contribution in [3.63, 3.8) is 0 Å². The Balaban J connectivity index is 2.28. The highest BCUT2D eigenvalue weighted by atomic mass is 16.5. The number of hydrogen-bond donors (Lipinski definition) is 1. The fraction of sp³-hybridized carbons (Fsp3) is 0.438. The molecule has 0 aliphatic rings. The molecule has 2 N–H and O–H groups in total. The van der Waals surface area contributed by atoms with Crippen molar-refractivity contribution in [3.05, 3.63) is 40.7 Å². The van der Waals surface area contributed by atoms with Gasteiger partial charge >= 0.3 is 0 Å². The zero-order valence-electron chi connectivity index (χ0n) is 13.1. The predicted octanol–water partition coefficient (Wildman–Crippen LogP) is 2.07. The molecule has 21 heavy (non-hydrogen) atoms. The molecule has 0 bridgehead atoms. The highest BCUT2D eigenvalue weighted by Gasteiger charge is 2.12. The van der Waals surface area contributed by atoms with E-state index < -0.39 is 0 Å². The Morgan fingerprint density at radius 3 is 2.48 bits per heavy atom. The van der Waals surface area contributed by atoms with Crippen LogP contribution in [0.15, 0.2) is 18.2 Å². The average molecular weight is 289 g/mol. The molecule has 114 valence electrons. The molecule has 1 aromatic carbocycles. The number of aromatic nitrogens is 2. The summed E-state index contributed by atoms with van der Waals surface area (Å²) in [5, 5.41) is 4.61. The number of nitrogens with zero attached hydrogens (tertiary/aromatic N) is 2. The van der Waals surface area contributed by atoms with Gasteiger partial charge < -0.3 is 15.2 Å². The summed E-state index contributed by atoms with van der Waals surface area (Å²) in [7, 11) is 3.28. The first-order valence-electron chi connectivity index (χ1n) is 7.04. The lowest BCUT2D eigenvalue weighted by Crippen LogP contribution is -2.07. The Kier molecular flexibility index (Phi) is 4.85. The van der Waals surface area contributed by atoms with Gasteiger partial charge in [-0.25, -0.2) is 0 Å². The van der Waals surface area contributed by atoms with Gasteiger partial charge in [-0.2, -0.15) is 5.10 Å². The van der Waals surface area contributed by atoms with Crippen LogP contribution in [0, 0.1) is 13.8 Å². The summed E-state index contributed by atoms with van der Waals surface area (Å²) in [4.78, 5) is 0. The molecule has 0 radical (unpaired) electrons. The summed E-state index contributed by atoms with van der Waals surface area (Å²) >= 11 is 0. The highest BCUT2D eigenvalue weighted by molar-refractivity contribution is 5.43. The van der Waals surface area contributed by atoms with Gasteiger partial charge in [-0.3, -0.25) is 4.68 Å². The van der Waals surface area contributed by atoms with Crippen molar-refractivity contribution in [2.24, 2.45) is 5.73 Å². The normalized spacial score (nSPS) is 10.7. The molecule has 0 fully saturated rings. The van der Waals surface area contributed by atoms with Crippen LogP contribution in [0.3, 0.4) is 0 Å². The Morgan fingerprint density at radius 1 is 1.14 bits per heavy atom. The SMILES string of the molecule is COc1ccc(Cn2nc(C)c(CCN)c2C)cc1OC. The first kappa shape index (κ1) is 15.4. The molecule has 5 nitrogen and oxygen atoms in total. The highest BCUT2D eigenvalue weighted by Crippen LogP contribution is 2.28. The average Bonchev–Trinajstić information content (AvgIpc) is 2.75. The van der Waals surface area contributed by atoms with Crippen LogP contribution in [-0.2, 0) is 13.0 Å². The van der Waals surface area contributed by atoms with Crippen molar-refractivity contribution in [2.45, 2.75) is 26.8 Å². The van der Waals surface area contributed by atoms with E-state index in [0.29, 0.717) is 13.1 Å². The van der Waals surface area contributed by atoms with Gasteiger partial charge in [-0.15, -0.1) is 0 Å². The molecule has 0 spiro atoms. The minimum atomic E-state index is 0.643. The Hall–Kier alpha value is -2.01. The van der Waals surface area contributed by atoms with E-state index >= 15 is 0 Å². The van der Waals surface area contributed by atoms with Gasteiger partial charge in [0, 0.05) is 5.69 Å². The molecule has 1 heterocycles. The number of methoxy groups -OCH3 is 2. The quantitative estimate of drug-likeness (QED) is 0.884. The largest absolute Gasteiger partial charge is 0.493 e. The van der Waals surface area contributed by atoms with E-state index in [0.717, 1.165) is 29.2 Å². The standard InChI is InChI=1S/C16H23N3O2/c1-11-14(7-8-17)12(2)19(18-11)10-13-5-6-15(20-3)16(9-13)21-4/h5-6,9H,7-8,10,17H2,1-4H3. The Bertz CT molecular complexity index is 620.